The number of β-amino-alcohol motifs (C(OH)–C–C–N with tert-alkyl or cyclic N) is 1. The molecule has 1 aromatic heterocycles. The van der Waals surface area contributed by atoms with E-state index in [1.54, 1.807) is 17.4 Å². The van der Waals surface area contributed by atoms with Crippen molar-refractivity contribution in [1.82, 2.24) is 14.8 Å². The van der Waals surface area contributed by atoms with E-state index in [1.165, 1.54) is 0 Å². The molecule has 2 atom stereocenters. The molecule has 0 saturated carbocycles. The lowest BCUT2D eigenvalue weighted by Gasteiger charge is -2.39. The van der Waals surface area contributed by atoms with Crippen LogP contribution in [0.1, 0.15) is 16.6 Å². The van der Waals surface area contributed by atoms with Crippen molar-refractivity contribution in [2.24, 2.45) is 5.73 Å². The number of benzene rings is 2. The van der Waals surface area contributed by atoms with Crippen LogP contribution in [0.4, 0.5) is 0 Å². The molecule has 1 fully saturated rings. The van der Waals surface area contributed by atoms with E-state index >= 15 is 0 Å². The number of nitrogens with two attached hydrogens (primary N) is 1. The van der Waals surface area contributed by atoms with Crippen molar-refractivity contribution in [3.05, 3.63) is 58.1 Å². The third kappa shape index (κ3) is 5.39. The molecule has 32 heavy (non-hydrogen) atoms. The maximum Gasteiger partial charge on any atom is 0.239 e. The molecule has 1 unspecified atom stereocenters. The summed E-state index contributed by atoms with van der Waals surface area (Å²) in [6.45, 7) is 5.44. The zero-order chi connectivity index (χ0) is 22.7. The summed E-state index contributed by atoms with van der Waals surface area (Å²) in [6.07, 6.45) is -0.620. The van der Waals surface area contributed by atoms with Crippen molar-refractivity contribution in [3.8, 4) is 5.75 Å². The minimum Gasteiger partial charge on any atom is -0.491 e. The number of ether oxygens (including phenoxy) is 1. The van der Waals surface area contributed by atoms with Crippen LogP contribution in [0.2, 0.25) is 5.02 Å². The second-order valence-electron chi connectivity index (χ2n) is 7.99. The van der Waals surface area contributed by atoms with E-state index < -0.39 is 18.1 Å². The van der Waals surface area contributed by atoms with Gasteiger partial charge in [0.1, 0.15) is 24.5 Å². The first-order valence-electron chi connectivity index (χ1n) is 10.6. The smallest absolute Gasteiger partial charge is 0.239 e. The minimum absolute atomic E-state index is 0.207. The molecule has 9 heteroatoms. The predicted molar refractivity (Wildman–Crippen MR) is 127 cm³/mol. The quantitative estimate of drug-likeness (QED) is 0.521. The van der Waals surface area contributed by atoms with E-state index in [0.717, 1.165) is 33.9 Å². The molecule has 1 aliphatic rings. The summed E-state index contributed by atoms with van der Waals surface area (Å²) in [5, 5.41) is 12.0. The molecule has 2 aromatic carbocycles. The number of aromatic nitrogens is 1. The van der Waals surface area contributed by atoms with E-state index in [1.807, 2.05) is 48.2 Å². The fourth-order valence-electron chi connectivity index (χ4n) is 4.09. The van der Waals surface area contributed by atoms with E-state index in [-0.39, 0.29) is 6.61 Å². The zero-order valence-corrected chi connectivity index (χ0v) is 19.5. The Bertz CT molecular complexity index is 1080. The molecule has 0 bridgehead atoms. The molecule has 0 aliphatic carbocycles. The van der Waals surface area contributed by atoms with Gasteiger partial charge in [-0.05, 0) is 30.7 Å². The SMILES string of the molecule is Cc1nc2cc(OC[C@H](O)CN3CCN(C(C(N)=O)c4ccccc4Cl)CC3)ccc2s1. The van der Waals surface area contributed by atoms with Gasteiger partial charge < -0.3 is 15.6 Å². The highest BCUT2D eigenvalue weighted by atomic mass is 35.5. The number of rotatable bonds is 8. The monoisotopic (exact) mass is 474 g/mol. The van der Waals surface area contributed by atoms with Crippen molar-refractivity contribution < 1.29 is 14.6 Å². The van der Waals surface area contributed by atoms with Crippen molar-refractivity contribution in [3.63, 3.8) is 0 Å². The topological polar surface area (TPSA) is 91.9 Å². The highest BCUT2D eigenvalue weighted by Crippen LogP contribution is 2.28. The van der Waals surface area contributed by atoms with Crippen LogP contribution in [0.3, 0.4) is 0 Å². The Labute approximate surface area is 196 Å². The molecule has 0 spiro atoms. The Morgan fingerprint density at radius 1 is 1.25 bits per heavy atom. The number of aryl methyl sites for hydroxylation is 1. The van der Waals surface area contributed by atoms with E-state index in [4.69, 9.17) is 22.1 Å². The number of hydrogen-bond donors (Lipinski definition) is 2. The maximum atomic E-state index is 12.2. The largest absolute Gasteiger partial charge is 0.491 e. The number of piperazine rings is 1. The number of carbonyl (C=O) groups excluding carboxylic acids is 1. The number of hydrogen-bond acceptors (Lipinski definition) is 7. The average Bonchev–Trinajstić information content (AvgIpc) is 3.14. The Hall–Kier alpha value is -2.23. The number of aliphatic hydroxyl groups excluding tert-OH is 1. The summed E-state index contributed by atoms with van der Waals surface area (Å²) >= 11 is 7.95. The lowest BCUT2D eigenvalue weighted by Crippen LogP contribution is -2.52. The van der Waals surface area contributed by atoms with Crippen molar-refractivity contribution in [1.29, 1.82) is 0 Å². The first-order chi connectivity index (χ1) is 15.4. The Morgan fingerprint density at radius 3 is 2.72 bits per heavy atom. The average molecular weight is 475 g/mol. The van der Waals surface area contributed by atoms with Crippen LogP contribution in [0.5, 0.6) is 5.75 Å². The lowest BCUT2D eigenvalue weighted by atomic mass is 10.0. The maximum absolute atomic E-state index is 12.2. The Morgan fingerprint density at radius 2 is 2.00 bits per heavy atom. The molecule has 3 aromatic rings. The van der Waals surface area contributed by atoms with Crippen LogP contribution < -0.4 is 10.5 Å². The molecular weight excluding hydrogens is 448 g/mol. The van der Waals surface area contributed by atoms with Crippen LogP contribution in [-0.2, 0) is 4.79 Å². The first-order valence-corrected chi connectivity index (χ1v) is 11.8. The van der Waals surface area contributed by atoms with E-state index in [0.29, 0.717) is 30.4 Å². The molecule has 3 N–H and O–H groups in total. The lowest BCUT2D eigenvalue weighted by molar-refractivity contribution is -0.124. The number of carbonyl (C=O) groups is 1. The molecule has 1 saturated heterocycles. The summed E-state index contributed by atoms with van der Waals surface area (Å²) < 4.78 is 6.91. The van der Waals surface area contributed by atoms with Gasteiger partial charge in [0, 0.05) is 43.8 Å². The molecule has 1 amide bonds. The summed E-state index contributed by atoms with van der Waals surface area (Å²) in [6, 6.07) is 12.6. The van der Waals surface area contributed by atoms with Gasteiger partial charge in [0.15, 0.2) is 0 Å². The Balaban J connectivity index is 1.28. The summed E-state index contributed by atoms with van der Waals surface area (Å²) in [7, 11) is 0. The van der Waals surface area contributed by atoms with E-state index in [2.05, 4.69) is 9.88 Å². The van der Waals surface area contributed by atoms with Crippen LogP contribution in [0, 0.1) is 6.92 Å². The van der Waals surface area contributed by atoms with Gasteiger partial charge in [-0.15, -0.1) is 11.3 Å². The number of primary amides is 1. The van der Waals surface area contributed by atoms with Crippen molar-refractivity contribution in [2.75, 3.05) is 39.3 Å². The van der Waals surface area contributed by atoms with Crippen molar-refractivity contribution in [2.45, 2.75) is 19.1 Å². The number of nitrogens with zero attached hydrogens (tertiary/aromatic N) is 3. The van der Waals surface area contributed by atoms with Gasteiger partial charge in [0.2, 0.25) is 5.91 Å². The number of aliphatic hydroxyl groups is 1. The Kier molecular flexibility index (Phi) is 7.27. The van der Waals surface area contributed by atoms with E-state index in [9.17, 15) is 9.90 Å². The molecule has 1 aliphatic heterocycles. The molecule has 0 radical (unpaired) electrons. The predicted octanol–water partition coefficient (Wildman–Crippen LogP) is 2.84. The summed E-state index contributed by atoms with van der Waals surface area (Å²) in [5.41, 5.74) is 7.35. The number of amides is 1. The second kappa shape index (κ2) is 10.1. The molecule has 4 rings (SSSR count). The highest BCUT2D eigenvalue weighted by Gasteiger charge is 2.30. The molecule has 170 valence electrons. The number of fused-ring (bicyclic) bond motifs is 1. The first kappa shape index (κ1) is 22.9. The summed E-state index contributed by atoms with van der Waals surface area (Å²) in [4.78, 5) is 20.9. The van der Waals surface area contributed by atoms with Gasteiger partial charge in [0.25, 0.3) is 0 Å². The number of thiazole rings is 1. The fourth-order valence-corrected chi connectivity index (χ4v) is 5.13. The standard InChI is InChI=1S/C23H27ClN4O3S/c1-15-26-20-12-17(6-7-21(20)32-15)31-14-16(29)13-27-8-10-28(11-9-27)22(23(25)30)18-4-2-3-5-19(18)24/h2-7,12,16,22,29H,8-11,13-14H2,1H3,(H2,25,30)/t16-,22?/m1/s1. The van der Waals surface area contributed by atoms with Crippen LogP contribution in [0.25, 0.3) is 10.2 Å². The molecular formula is C23H27ClN4O3S. The summed E-state index contributed by atoms with van der Waals surface area (Å²) in [5.74, 6) is 0.294. The van der Waals surface area contributed by atoms with Crippen LogP contribution >= 0.6 is 22.9 Å². The third-order valence-corrected chi connectivity index (χ3v) is 6.91. The third-order valence-electron chi connectivity index (χ3n) is 5.62. The molecule has 7 nitrogen and oxygen atoms in total. The van der Waals surface area contributed by atoms with Crippen molar-refractivity contribution >= 4 is 39.1 Å². The van der Waals surface area contributed by atoms with Crippen LogP contribution in [-0.4, -0.2) is 71.2 Å². The molecule has 2 heterocycles. The normalized spacial score (nSPS) is 17.3. The highest BCUT2D eigenvalue weighted by molar-refractivity contribution is 7.18. The number of halogens is 1. The zero-order valence-electron chi connectivity index (χ0n) is 17.9. The van der Waals surface area contributed by atoms with Crippen LogP contribution in [0.15, 0.2) is 42.5 Å². The van der Waals surface area contributed by atoms with Gasteiger partial charge >= 0.3 is 0 Å². The minimum atomic E-state index is -0.620. The van der Waals surface area contributed by atoms with Gasteiger partial charge in [-0.25, -0.2) is 4.98 Å². The van der Waals surface area contributed by atoms with Gasteiger partial charge in [-0.3, -0.25) is 14.6 Å². The van der Waals surface area contributed by atoms with Gasteiger partial charge in [0.05, 0.1) is 15.2 Å². The van der Waals surface area contributed by atoms with Gasteiger partial charge in [-0.1, -0.05) is 29.8 Å². The fraction of sp³-hybridized carbons (Fsp3) is 0.391. The van der Waals surface area contributed by atoms with Gasteiger partial charge in [-0.2, -0.15) is 0 Å². The second-order valence-corrected chi connectivity index (χ2v) is 9.63.